The maximum Gasteiger partial charge on any atom is 0.280 e. The minimum absolute atomic E-state index is 0.148. The van der Waals surface area contributed by atoms with Crippen molar-refractivity contribution in [2.75, 3.05) is 0 Å². The first-order chi connectivity index (χ1) is 8.33. The van der Waals surface area contributed by atoms with Gasteiger partial charge in [0.1, 0.15) is 12.0 Å². The fraction of sp³-hybridized carbons (Fsp3) is 0. The van der Waals surface area contributed by atoms with Crippen LogP contribution in [0, 0.1) is 0 Å². The highest BCUT2D eigenvalue weighted by atomic mass is 16.5. The first-order valence-corrected chi connectivity index (χ1v) is 4.87. The number of aromatic nitrogens is 3. The van der Waals surface area contributed by atoms with Gasteiger partial charge in [0, 0.05) is 11.6 Å². The fourth-order valence-electron chi connectivity index (χ4n) is 1.41. The molecule has 0 radical (unpaired) electrons. The molecule has 0 spiro atoms. The summed E-state index contributed by atoms with van der Waals surface area (Å²) < 4.78 is 9.72. The molecule has 0 saturated carbocycles. The summed E-state index contributed by atoms with van der Waals surface area (Å²) in [6.07, 6.45) is 1.42. The lowest BCUT2D eigenvalue weighted by atomic mass is 10.2. The van der Waals surface area contributed by atoms with Gasteiger partial charge in [0.2, 0.25) is 5.82 Å². The number of phenols is 1. The van der Waals surface area contributed by atoms with Crippen molar-refractivity contribution in [3.8, 4) is 28.7 Å². The molecule has 0 bridgehead atoms. The Morgan fingerprint density at radius 3 is 2.82 bits per heavy atom. The van der Waals surface area contributed by atoms with E-state index in [2.05, 4.69) is 19.8 Å². The fourth-order valence-corrected chi connectivity index (χ4v) is 1.41. The van der Waals surface area contributed by atoms with Crippen LogP contribution in [-0.2, 0) is 0 Å². The summed E-state index contributed by atoms with van der Waals surface area (Å²) in [5.74, 6) is 0.811. The molecule has 3 rings (SSSR count). The van der Waals surface area contributed by atoms with Crippen LogP contribution in [0.3, 0.4) is 0 Å². The molecule has 84 valence electrons. The van der Waals surface area contributed by atoms with E-state index in [4.69, 9.17) is 4.52 Å². The van der Waals surface area contributed by atoms with Crippen LogP contribution >= 0.6 is 0 Å². The number of phenolic OH excluding ortho intramolecular Hbond substituents is 1. The Labute approximate surface area is 95.5 Å². The van der Waals surface area contributed by atoms with Gasteiger partial charge in [-0.1, -0.05) is 22.4 Å². The van der Waals surface area contributed by atoms with Crippen LogP contribution in [0.25, 0.3) is 23.0 Å². The number of nitrogens with zero attached hydrogens (tertiary/aromatic N) is 3. The first kappa shape index (κ1) is 9.59. The van der Waals surface area contributed by atoms with E-state index in [1.807, 2.05) is 0 Å². The van der Waals surface area contributed by atoms with E-state index < -0.39 is 0 Å². The molecular formula is C11H7N3O3. The van der Waals surface area contributed by atoms with Crippen molar-refractivity contribution in [1.82, 2.24) is 15.3 Å². The predicted octanol–water partition coefficient (Wildman–Crippen LogP) is 2.10. The third-order valence-electron chi connectivity index (χ3n) is 2.19. The van der Waals surface area contributed by atoms with Crippen molar-refractivity contribution >= 4 is 0 Å². The summed E-state index contributed by atoms with van der Waals surface area (Å²) in [7, 11) is 0. The third-order valence-corrected chi connectivity index (χ3v) is 2.19. The van der Waals surface area contributed by atoms with Gasteiger partial charge < -0.3 is 14.2 Å². The average molecular weight is 229 g/mol. The Bertz CT molecular complexity index is 631. The Balaban J connectivity index is 2.01. The molecule has 0 aliphatic heterocycles. The second-order valence-electron chi connectivity index (χ2n) is 3.36. The highest BCUT2D eigenvalue weighted by molar-refractivity contribution is 5.59. The van der Waals surface area contributed by atoms with E-state index in [1.54, 1.807) is 30.3 Å². The van der Waals surface area contributed by atoms with Crippen molar-refractivity contribution in [2.24, 2.45) is 0 Å². The third kappa shape index (κ3) is 1.76. The van der Waals surface area contributed by atoms with Gasteiger partial charge >= 0.3 is 0 Å². The molecule has 2 heterocycles. The summed E-state index contributed by atoms with van der Waals surface area (Å²) in [5.41, 5.74) is 1.15. The number of aromatic hydroxyl groups is 1. The zero-order chi connectivity index (χ0) is 11.7. The molecule has 1 N–H and O–H groups in total. The van der Waals surface area contributed by atoms with Gasteiger partial charge in [-0.15, -0.1) is 0 Å². The van der Waals surface area contributed by atoms with E-state index in [-0.39, 0.29) is 11.6 Å². The molecule has 0 unspecified atom stereocenters. The highest BCUT2D eigenvalue weighted by Crippen LogP contribution is 2.23. The summed E-state index contributed by atoms with van der Waals surface area (Å²) in [4.78, 5) is 4.15. The van der Waals surface area contributed by atoms with Crippen molar-refractivity contribution in [2.45, 2.75) is 0 Å². The van der Waals surface area contributed by atoms with Crippen LogP contribution in [0.2, 0.25) is 0 Å². The van der Waals surface area contributed by atoms with Gasteiger partial charge in [0.05, 0.1) is 0 Å². The molecule has 6 heteroatoms. The molecule has 0 atom stereocenters. The summed E-state index contributed by atoms with van der Waals surface area (Å²) >= 11 is 0. The normalized spacial score (nSPS) is 10.6. The standard InChI is InChI=1S/C11H7N3O3/c15-8-3-1-2-7(6-8)10-12-11(17-14-10)9-4-5-16-13-9/h1-6,15H. The highest BCUT2D eigenvalue weighted by Gasteiger charge is 2.12. The van der Waals surface area contributed by atoms with E-state index in [0.717, 1.165) is 0 Å². The zero-order valence-corrected chi connectivity index (χ0v) is 8.57. The van der Waals surface area contributed by atoms with Gasteiger partial charge in [-0.05, 0) is 12.1 Å². The lowest BCUT2D eigenvalue weighted by Crippen LogP contribution is -1.80. The van der Waals surface area contributed by atoms with Crippen molar-refractivity contribution in [1.29, 1.82) is 0 Å². The topological polar surface area (TPSA) is 85.2 Å². The molecule has 1 aromatic carbocycles. The van der Waals surface area contributed by atoms with Crippen LogP contribution in [0.15, 0.2) is 45.6 Å². The van der Waals surface area contributed by atoms with Crippen LogP contribution in [0.4, 0.5) is 0 Å². The van der Waals surface area contributed by atoms with Gasteiger partial charge in [0.15, 0.2) is 5.69 Å². The molecule has 0 amide bonds. The second kappa shape index (κ2) is 3.75. The number of hydrogen-bond donors (Lipinski definition) is 1. The van der Waals surface area contributed by atoms with Crippen molar-refractivity contribution in [3.63, 3.8) is 0 Å². The molecule has 6 nitrogen and oxygen atoms in total. The smallest absolute Gasteiger partial charge is 0.280 e. The number of hydrogen-bond acceptors (Lipinski definition) is 6. The monoisotopic (exact) mass is 229 g/mol. The van der Waals surface area contributed by atoms with Gasteiger partial charge in [-0.3, -0.25) is 0 Å². The molecule has 0 aliphatic rings. The zero-order valence-electron chi connectivity index (χ0n) is 8.57. The van der Waals surface area contributed by atoms with Crippen molar-refractivity contribution < 1.29 is 14.2 Å². The number of benzene rings is 1. The summed E-state index contributed by atoms with van der Waals surface area (Å²) in [6, 6.07) is 8.23. The second-order valence-corrected chi connectivity index (χ2v) is 3.36. The van der Waals surface area contributed by atoms with Crippen molar-refractivity contribution in [3.05, 3.63) is 36.6 Å². The van der Waals surface area contributed by atoms with Crippen LogP contribution in [-0.4, -0.2) is 20.4 Å². The average Bonchev–Trinajstić information content (AvgIpc) is 3.00. The maximum atomic E-state index is 9.35. The summed E-state index contributed by atoms with van der Waals surface area (Å²) in [5, 5.41) is 16.8. The van der Waals surface area contributed by atoms with Crippen LogP contribution < -0.4 is 0 Å². The molecule has 2 aromatic heterocycles. The maximum absolute atomic E-state index is 9.35. The Kier molecular flexibility index (Phi) is 2.11. The van der Waals surface area contributed by atoms with Gasteiger partial charge in [-0.25, -0.2) is 0 Å². The lowest BCUT2D eigenvalue weighted by Gasteiger charge is -1.94. The Hall–Kier alpha value is -2.63. The Morgan fingerprint density at radius 1 is 1.12 bits per heavy atom. The lowest BCUT2D eigenvalue weighted by molar-refractivity contribution is 0.405. The molecule has 0 aliphatic carbocycles. The quantitative estimate of drug-likeness (QED) is 0.724. The van der Waals surface area contributed by atoms with Gasteiger partial charge in [-0.2, -0.15) is 4.98 Å². The van der Waals surface area contributed by atoms with E-state index >= 15 is 0 Å². The molecule has 17 heavy (non-hydrogen) atoms. The summed E-state index contributed by atoms with van der Waals surface area (Å²) in [6.45, 7) is 0. The number of rotatable bonds is 2. The van der Waals surface area contributed by atoms with Crippen LogP contribution in [0.5, 0.6) is 5.75 Å². The Morgan fingerprint density at radius 2 is 2.06 bits per heavy atom. The minimum Gasteiger partial charge on any atom is -0.508 e. The first-order valence-electron chi connectivity index (χ1n) is 4.87. The predicted molar refractivity (Wildman–Crippen MR) is 56.9 cm³/mol. The van der Waals surface area contributed by atoms with Crippen LogP contribution in [0.1, 0.15) is 0 Å². The largest absolute Gasteiger partial charge is 0.508 e. The SMILES string of the molecule is Oc1cccc(-c2noc(-c3ccon3)n2)c1. The minimum atomic E-state index is 0.148. The molecular weight excluding hydrogens is 222 g/mol. The molecule has 0 fully saturated rings. The van der Waals surface area contributed by atoms with E-state index in [0.29, 0.717) is 17.1 Å². The van der Waals surface area contributed by atoms with E-state index in [9.17, 15) is 5.11 Å². The van der Waals surface area contributed by atoms with Gasteiger partial charge in [0.25, 0.3) is 5.89 Å². The van der Waals surface area contributed by atoms with E-state index in [1.165, 1.54) is 6.26 Å². The molecule has 3 aromatic rings. The molecule has 0 saturated heterocycles.